The summed E-state index contributed by atoms with van der Waals surface area (Å²) in [6.07, 6.45) is 4.91. The minimum absolute atomic E-state index is 0.130. The lowest BCUT2D eigenvalue weighted by molar-refractivity contribution is -0.117. The highest BCUT2D eigenvalue weighted by Crippen LogP contribution is 2.31. The molecule has 0 spiro atoms. The molecule has 1 aromatic carbocycles. The first-order valence-corrected chi connectivity index (χ1v) is 12.1. The van der Waals surface area contributed by atoms with Crippen LogP contribution in [0, 0.1) is 5.82 Å². The van der Waals surface area contributed by atoms with Crippen LogP contribution in [0.5, 0.6) is 5.75 Å². The maximum Gasteiger partial charge on any atom is 0.243 e. The van der Waals surface area contributed by atoms with Crippen molar-refractivity contribution in [2.75, 3.05) is 31.0 Å². The Kier molecular flexibility index (Phi) is 7.91. The number of carbonyl (C=O) groups is 1. The van der Waals surface area contributed by atoms with Crippen molar-refractivity contribution in [2.24, 2.45) is 0 Å². The van der Waals surface area contributed by atoms with Crippen molar-refractivity contribution in [2.45, 2.75) is 37.8 Å². The summed E-state index contributed by atoms with van der Waals surface area (Å²) in [5.74, 6) is 0.693. The van der Waals surface area contributed by atoms with E-state index in [0.29, 0.717) is 18.2 Å². The van der Waals surface area contributed by atoms with Crippen molar-refractivity contribution in [3.8, 4) is 5.75 Å². The summed E-state index contributed by atoms with van der Waals surface area (Å²) >= 11 is 1.57. The number of nitrogens with zero attached hydrogens (tertiary/aromatic N) is 2. The Bertz CT molecular complexity index is 1150. The number of fused-ring (bicyclic) bond motifs is 1. The Hall–Kier alpha value is -3.24. The van der Waals surface area contributed by atoms with Gasteiger partial charge in [-0.3, -0.25) is 4.79 Å². The van der Waals surface area contributed by atoms with Gasteiger partial charge in [-0.25, -0.2) is 9.37 Å². The maximum atomic E-state index is 14.4. The van der Waals surface area contributed by atoms with E-state index >= 15 is 0 Å². The number of carbonyl (C=O) groups excluding carboxylic acids is 1. The molecule has 2 heterocycles. The van der Waals surface area contributed by atoms with Gasteiger partial charge in [-0.15, -0.1) is 11.3 Å². The predicted molar refractivity (Wildman–Crippen MR) is 132 cm³/mol. The van der Waals surface area contributed by atoms with Crippen molar-refractivity contribution >= 4 is 44.9 Å². The molecule has 8 nitrogen and oxygen atoms in total. The summed E-state index contributed by atoms with van der Waals surface area (Å²) < 4.78 is 25.7. The summed E-state index contributed by atoms with van der Waals surface area (Å²) in [6, 6.07) is 7.00. The zero-order chi connectivity index (χ0) is 23.9. The van der Waals surface area contributed by atoms with E-state index in [9.17, 15) is 9.18 Å². The van der Waals surface area contributed by atoms with E-state index in [1.54, 1.807) is 30.6 Å². The second-order valence-corrected chi connectivity index (χ2v) is 8.96. The van der Waals surface area contributed by atoms with Crippen LogP contribution >= 0.6 is 11.3 Å². The Morgan fingerprint density at radius 2 is 2.00 bits per heavy atom. The largest absolute Gasteiger partial charge is 0.488 e. The van der Waals surface area contributed by atoms with Crippen LogP contribution in [0.2, 0.25) is 0 Å². The van der Waals surface area contributed by atoms with Crippen LogP contribution in [0.1, 0.15) is 25.7 Å². The maximum absolute atomic E-state index is 14.4. The fourth-order valence-corrected chi connectivity index (χ4v) is 4.70. The minimum Gasteiger partial charge on any atom is -0.488 e. The van der Waals surface area contributed by atoms with Crippen LogP contribution in [-0.4, -0.2) is 48.3 Å². The van der Waals surface area contributed by atoms with E-state index in [2.05, 4.69) is 32.5 Å². The molecule has 0 atom stereocenters. The minimum atomic E-state index is -0.476. The zero-order valence-corrected chi connectivity index (χ0v) is 19.8. The van der Waals surface area contributed by atoms with Gasteiger partial charge in [-0.1, -0.05) is 6.58 Å². The SMILES string of the molecule is C=CC(=O)NC1CCC(Nc2nc(Nc3ccc(OCCOC)c(F)c3)nc3ccsc23)CC1. The summed E-state index contributed by atoms with van der Waals surface area (Å²) in [5.41, 5.74) is 1.34. The fraction of sp³-hybridized carbons (Fsp3) is 0.375. The van der Waals surface area contributed by atoms with E-state index in [1.165, 1.54) is 12.1 Å². The molecule has 1 saturated carbocycles. The van der Waals surface area contributed by atoms with Crippen molar-refractivity contribution in [3.05, 3.63) is 48.1 Å². The van der Waals surface area contributed by atoms with Gasteiger partial charge < -0.3 is 25.4 Å². The Balaban J connectivity index is 1.44. The topological polar surface area (TPSA) is 97.4 Å². The number of rotatable bonds is 10. The number of anilines is 3. The summed E-state index contributed by atoms with van der Waals surface area (Å²) in [5, 5.41) is 11.6. The number of amides is 1. The lowest BCUT2D eigenvalue weighted by atomic mass is 9.91. The zero-order valence-electron chi connectivity index (χ0n) is 19.0. The van der Waals surface area contributed by atoms with Gasteiger partial charge in [0.2, 0.25) is 11.9 Å². The molecule has 1 fully saturated rings. The molecule has 0 saturated heterocycles. The molecule has 4 rings (SSSR count). The first-order chi connectivity index (χ1) is 16.6. The van der Waals surface area contributed by atoms with Crippen LogP contribution in [0.15, 0.2) is 42.3 Å². The molecule has 0 bridgehead atoms. The van der Waals surface area contributed by atoms with Crippen LogP contribution in [-0.2, 0) is 9.53 Å². The molecular formula is C24H28FN5O3S. The molecular weight excluding hydrogens is 457 g/mol. The molecule has 0 aliphatic heterocycles. The molecule has 2 aromatic heterocycles. The van der Waals surface area contributed by atoms with Gasteiger partial charge >= 0.3 is 0 Å². The standard InChI is InChI=1S/C24H28FN5O3S/c1-3-21(31)26-15-4-6-16(7-5-15)27-23-22-19(10-13-34-22)29-24(30-23)28-17-8-9-20(18(25)14-17)33-12-11-32-2/h3,8-10,13-16H,1,4-7,11-12H2,2H3,(H,26,31)(H2,27,28,29,30). The van der Waals surface area contributed by atoms with Crippen molar-refractivity contribution in [3.63, 3.8) is 0 Å². The van der Waals surface area contributed by atoms with E-state index < -0.39 is 5.82 Å². The number of aromatic nitrogens is 2. The first kappa shape index (κ1) is 23.9. The number of nitrogens with one attached hydrogen (secondary N) is 3. The molecule has 3 aromatic rings. The Morgan fingerprint density at radius 1 is 1.21 bits per heavy atom. The highest BCUT2D eigenvalue weighted by Gasteiger charge is 2.23. The summed E-state index contributed by atoms with van der Waals surface area (Å²) in [7, 11) is 1.56. The molecule has 180 valence electrons. The van der Waals surface area contributed by atoms with Crippen molar-refractivity contribution in [1.82, 2.24) is 15.3 Å². The number of benzene rings is 1. The fourth-order valence-electron chi connectivity index (χ4n) is 3.91. The predicted octanol–water partition coefficient (Wildman–Crippen LogP) is 4.62. The number of hydrogen-bond acceptors (Lipinski definition) is 8. The molecule has 0 unspecified atom stereocenters. The number of ether oxygens (including phenoxy) is 2. The molecule has 10 heteroatoms. The number of hydrogen-bond donors (Lipinski definition) is 3. The molecule has 0 radical (unpaired) electrons. The first-order valence-electron chi connectivity index (χ1n) is 11.2. The van der Waals surface area contributed by atoms with Crippen molar-refractivity contribution in [1.29, 1.82) is 0 Å². The lowest BCUT2D eigenvalue weighted by Crippen LogP contribution is -2.39. The van der Waals surface area contributed by atoms with Crippen LogP contribution < -0.4 is 20.7 Å². The highest BCUT2D eigenvalue weighted by molar-refractivity contribution is 7.17. The Morgan fingerprint density at radius 3 is 2.74 bits per heavy atom. The van der Waals surface area contributed by atoms with Gasteiger partial charge in [-0.05, 0) is 55.3 Å². The van der Waals surface area contributed by atoms with E-state index in [-0.39, 0.29) is 30.3 Å². The van der Waals surface area contributed by atoms with Gasteiger partial charge in [0.05, 0.1) is 16.8 Å². The quantitative estimate of drug-likeness (QED) is 0.285. The molecule has 1 amide bonds. The molecule has 34 heavy (non-hydrogen) atoms. The third kappa shape index (κ3) is 6.00. The van der Waals surface area contributed by atoms with E-state index in [1.807, 2.05) is 11.4 Å². The molecule has 1 aliphatic rings. The van der Waals surface area contributed by atoms with Crippen LogP contribution in [0.4, 0.5) is 21.8 Å². The number of thiophene rings is 1. The number of halogens is 1. The lowest BCUT2D eigenvalue weighted by Gasteiger charge is -2.29. The van der Waals surface area contributed by atoms with Crippen LogP contribution in [0.3, 0.4) is 0 Å². The normalized spacial score (nSPS) is 17.8. The second-order valence-electron chi connectivity index (χ2n) is 8.05. The van der Waals surface area contributed by atoms with Gasteiger partial charge in [0, 0.05) is 30.9 Å². The monoisotopic (exact) mass is 485 g/mol. The highest BCUT2D eigenvalue weighted by atomic mass is 32.1. The third-order valence-electron chi connectivity index (χ3n) is 5.64. The molecule has 3 N–H and O–H groups in total. The van der Waals surface area contributed by atoms with E-state index in [4.69, 9.17) is 9.47 Å². The number of methoxy groups -OCH3 is 1. The van der Waals surface area contributed by atoms with Gasteiger partial charge in [-0.2, -0.15) is 4.98 Å². The van der Waals surface area contributed by atoms with Gasteiger partial charge in [0.15, 0.2) is 11.6 Å². The average Bonchev–Trinajstić information content (AvgIpc) is 3.31. The van der Waals surface area contributed by atoms with Crippen LogP contribution in [0.25, 0.3) is 10.2 Å². The smallest absolute Gasteiger partial charge is 0.243 e. The van der Waals surface area contributed by atoms with Gasteiger partial charge in [0.25, 0.3) is 0 Å². The summed E-state index contributed by atoms with van der Waals surface area (Å²) in [6.45, 7) is 4.17. The van der Waals surface area contributed by atoms with Gasteiger partial charge in [0.1, 0.15) is 12.4 Å². The summed E-state index contributed by atoms with van der Waals surface area (Å²) in [4.78, 5) is 20.8. The third-order valence-corrected chi connectivity index (χ3v) is 6.55. The second kappa shape index (κ2) is 11.3. The van der Waals surface area contributed by atoms with Crippen molar-refractivity contribution < 1.29 is 18.7 Å². The van der Waals surface area contributed by atoms with E-state index in [0.717, 1.165) is 41.7 Å². The molecule has 1 aliphatic carbocycles. The average molecular weight is 486 g/mol. The Labute approximate surface area is 201 Å².